The summed E-state index contributed by atoms with van der Waals surface area (Å²) in [5.41, 5.74) is 0.171. The van der Waals surface area contributed by atoms with Gasteiger partial charge in [0.1, 0.15) is 0 Å². The fraction of sp³-hybridized carbons (Fsp3) is 0.750. The zero-order valence-corrected chi connectivity index (χ0v) is 15.1. The number of hydrogen-bond donors (Lipinski definition) is 3. The van der Waals surface area contributed by atoms with Crippen LogP contribution in [0, 0.1) is 5.92 Å². The predicted octanol–water partition coefficient (Wildman–Crippen LogP) is 3.12. The monoisotopic (exact) mass is 364 g/mol. The Hall–Kier alpha value is -1.41. The molecule has 0 aliphatic rings. The highest BCUT2D eigenvalue weighted by Gasteiger charge is 2.59. The predicted molar refractivity (Wildman–Crippen MR) is 90.5 cm³/mol. The van der Waals surface area contributed by atoms with Crippen LogP contribution in [-0.4, -0.2) is 39.9 Å². The Kier molecular flexibility index (Phi) is 9.21. The van der Waals surface area contributed by atoms with E-state index in [-0.39, 0.29) is 12.0 Å². The van der Waals surface area contributed by atoms with Crippen molar-refractivity contribution in [2.24, 2.45) is 5.92 Å². The molecule has 8 heteroatoms. The lowest BCUT2D eigenvalue weighted by Crippen LogP contribution is -2.55. The molecule has 0 saturated heterocycles. The second-order valence-electron chi connectivity index (χ2n) is 6.25. The molecule has 0 aliphatic carbocycles. The summed E-state index contributed by atoms with van der Waals surface area (Å²) < 4.78 is 30.4. The maximum atomic E-state index is 11.8. The first kappa shape index (κ1) is 22.6. The van der Waals surface area contributed by atoms with Gasteiger partial charge < -0.3 is 10.2 Å². The molecule has 0 aromatic heterocycles. The van der Waals surface area contributed by atoms with Gasteiger partial charge in [-0.15, -0.1) is 6.58 Å². The average molecular weight is 364 g/mol. The highest BCUT2D eigenvalue weighted by atomic mass is 32.2. The molecular formula is C16H28O7S. The SMILES string of the molecule is C=C(C)CC(C(=O)O)(C(CCCCCCCC)C(=O)O)S(=O)(=O)O. The van der Waals surface area contributed by atoms with Crippen LogP contribution in [0.3, 0.4) is 0 Å². The smallest absolute Gasteiger partial charge is 0.328 e. The van der Waals surface area contributed by atoms with Gasteiger partial charge in [0.15, 0.2) is 0 Å². The topological polar surface area (TPSA) is 129 Å². The van der Waals surface area contributed by atoms with Gasteiger partial charge in [0.25, 0.3) is 10.1 Å². The molecule has 2 atom stereocenters. The maximum Gasteiger partial charge on any atom is 0.328 e. The van der Waals surface area contributed by atoms with Crippen LogP contribution < -0.4 is 0 Å². The van der Waals surface area contributed by atoms with Crippen LogP contribution >= 0.6 is 0 Å². The highest BCUT2D eigenvalue weighted by Crippen LogP contribution is 2.37. The van der Waals surface area contributed by atoms with Crippen LogP contribution in [0.15, 0.2) is 12.2 Å². The number of hydrogen-bond acceptors (Lipinski definition) is 4. The van der Waals surface area contributed by atoms with E-state index in [0.717, 1.165) is 25.7 Å². The molecule has 0 saturated carbocycles. The Balaban J connectivity index is 5.45. The molecule has 24 heavy (non-hydrogen) atoms. The number of carboxylic acids is 2. The Bertz CT molecular complexity index is 553. The quantitative estimate of drug-likeness (QED) is 0.260. The minimum atomic E-state index is -5.16. The first-order valence-electron chi connectivity index (χ1n) is 8.08. The van der Waals surface area contributed by atoms with Gasteiger partial charge in [-0.3, -0.25) is 14.1 Å². The minimum absolute atomic E-state index is 0.138. The van der Waals surface area contributed by atoms with Gasteiger partial charge in [-0.2, -0.15) is 8.42 Å². The van der Waals surface area contributed by atoms with E-state index in [2.05, 4.69) is 13.5 Å². The van der Waals surface area contributed by atoms with Gasteiger partial charge >= 0.3 is 11.9 Å². The number of aliphatic carboxylic acids is 2. The van der Waals surface area contributed by atoms with Crippen LogP contribution in [-0.2, 0) is 19.7 Å². The van der Waals surface area contributed by atoms with Crippen molar-refractivity contribution in [3.05, 3.63) is 12.2 Å². The standard InChI is InChI=1S/C16H28O7S/c1-4-5-6-7-8-9-10-13(14(17)18)16(15(19)20,11-12(2)3)24(21,22)23/h13H,2,4-11H2,1,3H3,(H,17,18)(H,19,20)(H,21,22,23). The van der Waals surface area contributed by atoms with E-state index in [4.69, 9.17) is 0 Å². The van der Waals surface area contributed by atoms with E-state index in [0.29, 0.717) is 12.8 Å². The largest absolute Gasteiger partial charge is 0.481 e. The number of rotatable bonds is 13. The van der Waals surface area contributed by atoms with E-state index in [1.54, 1.807) is 0 Å². The molecule has 0 heterocycles. The first-order chi connectivity index (χ1) is 11.0. The summed E-state index contributed by atoms with van der Waals surface area (Å²) in [6.45, 7) is 6.93. The second kappa shape index (κ2) is 9.78. The molecule has 0 fully saturated rings. The van der Waals surface area contributed by atoms with Crippen molar-refractivity contribution in [1.82, 2.24) is 0 Å². The van der Waals surface area contributed by atoms with Crippen LogP contribution in [0.25, 0.3) is 0 Å². The summed E-state index contributed by atoms with van der Waals surface area (Å²) in [4.78, 5) is 23.3. The summed E-state index contributed by atoms with van der Waals surface area (Å²) in [5.74, 6) is -5.16. The average Bonchev–Trinajstić information content (AvgIpc) is 2.42. The lowest BCUT2D eigenvalue weighted by Gasteiger charge is -2.32. The summed E-state index contributed by atoms with van der Waals surface area (Å²) in [6, 6.07) is 0. The molecule has 0 bridgehead atoms. The molecule has 0 amide bonds. The van der Waals surface area contributed by atoms with Gasteiger partial charge in [0, 0.05) is 6.42 Å². The van der Waals surface area contributed by atoms with Gasteiger partial charge in [-0.05, 0) is 13.3 Å². The molecule has 7 nitrogen and oxygen atoms in total. The Morgan fingerprint density at radius 2 is 1.58 bits per heavy atom. The molecule has 2 unspecified atom stereocenters. The van der Waals surface area contributed by atoms with Crippen molar-refractivity contribution < 1.29 is 32.8 Å². The Morgan fingerprint density at radius 3 is 1.96 bits per heavy atom. The number of allylic oxidation sites excluding steroid dienone is 1. The third-order valence-electron chi connectivity index (χ3n) is 4.09. The van der Waals surface area contributed by atoms with Crippen LogP contribution in [0.2, 0.25) is 0 Å². The molecule has 0 radical (unpaired) electrons. The Labute approximate surface area is 143 Å². The first-order valence-corrected chi connectivity index (χ1v) is 9.52. The lowest BCUT2D eigenvalue weighted by molar-refractivity contribution is -0.152. The molecule has 0 rings (SSSR count). The summed E-state index contributed by atoms with van der Waals surface area (Å²) in [6.07, 6.45) is 4.24. The second-order valence-corrected chi connectivity index (χ2v) is 7.93. The molecule has 0 aromatic rings. The molecule has 0 spiro atoms. The van der Waals surface area contributed by atoms with Crippen molar-refractivity contribution >= 4 is 22.1 Å². The molecular weight excluding hydrogens is 336 g/mol. The van der Waals surface area contributed by atoms with Crippen molar-refractivity contribution in [3.8, 4) is 0 Å². The van der Waals surface area contributed by atoms with Crippen molar-refractivity contribution in [3.63, 3.8) is 0 Å². The zero-order chi connectivity index (χ0) is 19.0. The fourth-order valence-electron chi connectivity index (χ4n) is 2.86. The Morgan fingerprint density at radius 1 is 1.08 bits per heavy atom. The minimum Gasteiger partial charge on any atom is -0.481 e. The molecule has 140 valence electrons. The molecule has 3 N–H and O–H groups in total. The molecule has 0 aliphatic heterocycles. The van der Waals surface area contributed by atoms with E-state index >= 15 is 0 Å². The van der Waals surface area contributed by atoms with Crippen LogP contribution in [0.4, 0.5) is 0 Å². The normalized spacial score (nSPS) is 15.5. The van der Waals surface area contributed by atoms with Gasteiger partial charge in [-0.25, -0.2) is 0 Å². The summed E-state index contributed by atoms with van der Waals surface area (Å²) in [5, 5.41) is 18.9. The van der Waals surface area contributed by atoms with Crippen LogP contribution in [0.1, 0.15) is 65.2 Å². The van der Waals surface area contributed by atoms with E-state index in [1.165, 1.54) is 6.92 Å². The highest BCUT2D eigenvalue weighted by molar-refractivity contribution is 7.88. The van der Waals surface area contributed by atoms with E-state index in [9.17, 15) is 32.8 Å². The van der Waals surface area contributed by atoms with Gasteiger partial charge in [0.05, 0.1) is 5.92 Å². The lowest BCUT2D eigenvalue weighted by atomic mass is 9.82. The number of carbonyl (C=O) groups is 2. The summed E-state index contributed by atoms with van der Waals surface area (Å²) in [7, 11) is -5.16. The third kappa shape index (κ3) is 5.90. The fourth-order valence-corrected chi connectivity index (χ4v) is 4.09. The van der Waals surface area contributed by atoms with Crippen LogP contribution in [0.5, 0.6) is 0 Å². The maximum absolute atomic E-state index is 11.8. The van der Waals surface area contributed by atoms with E-state index in [1.807, 2.05) is 0 Å². The zero-order valence-electron chi connectivity index (χ0n) is 14.3. The number of carboxylic acid groups (broad SMARTS) is 2. The van der Waals surface area contributed by atoms with Gasteiger partial charge in [-0.1, -0.05) is 51.0 Å². The number of unbranched alkanes of at least 4 members (excludes halogenated alkanes) is 5. The molecule has 0 aromatic carbocycles. The van der Waals surface area contributed by atoms with Gasteiger partial charge in [0.2, 0.25) is 4.75 Å². The third-order valence-corrected chi connectivity index (χ3v) is 5.62. The summed E-state index contributed by atoms with van der Waals surface area (Å²) >= 11 is 0. The van der Waals surface area contributed by atoms with Crippen molar-refractivity contribution in [2.75, 3.05) is 0 Å². The van der Waals surface area contributed by atoms with Crippen molar-refractivity contribution in [2.45, 2.75) is 70.0 Å². The van der Waals surface area contributed by atoms with E-state index < -0.39 is 39.1 Å². The van der Waals surface area contributed by atoms with Crippen molar-refractivity contribution in [1.29, 1.82) is 0 Å².